The number of furan rings is 3. The lowest BCUT2D eigenvalue weighted by Gasteiger charge is -2.11. The van der Waals surface area contributed by atoms with Crippen molar-refractivity contribution < 1.29 is 13.3 Å². The Hall–Kier alpha value is -6.91. The standard InChI is InChI=1S/C47H27NO3/c1-3-11-30(12-4-1)37-25-32(26-38(48-37)31-13-5-2-6-14-31)28-19-21-29(22-20-28)36-27-42-44(43-35-16-8-10-18-40(35)51-47(36)43)45-41(49-42)24-23-34-33-15-7-9-17-39(33)50-46(34)45/h1-27H. The van der Waals surface area contributed by atoms with Crippen molar-refractivity contribution in [3.05, 3.63) is 164 Å². The predicted molar refractivity (Wildman–Crippen MR) is 208 cm³/mol. The van der Waals surface area contributed by atoms with Gasteiger partial charge in [0.1, 0.15) is 33.5 Å². The molecule has 238 valence electrons. The van der Waals surface area contributed by atoms with Gasteiger partial charge in [0.05, 0.1) is 16.8 Å². The van der Waals surface area contributed by atoms with Crippen LogP contribution in [-0.2, 0) is 0 Å². The highest BCUT2D eigenvalue weighted by Gasteiger charge is 2.23. The SMILES string of the molecule is c1ccc(-c2cc(-c3ccc(-c4cc5oc6ccc7c8ccccc8oc7c6c5c5c4oc4ccccc45)cc3)cc(-c3ccccc3)n2)cc1. The Morgan fingerprint density at radius 2 is 0.902 bits per heavy atom. The van der Waals surface area contributed by atoms with Gasteiger partial charge in [0.15, 0.2) is 0 Å². The van der Waals surface area contributed by atoms with Crippen molar-refractivity contribution in [1.29, 1.82) is 0 Å². The third kappa shape index (κ3) is 4.30. The van der Waals surface area contributed by atoms with Crippen molar-refractivity contribution in [2.45, 2.75) is 0 Å². The van der Waals surface area contributed by atoms with Gasteiger partial charge in [-0.15, -0.1) is 0 Å². The van der Waals surface area contributed by atoms with Crippen LogP contribution in [0.3, 0.4) is 0 Å². The Morgan fingerprint density at radius 3 is 1.61 bits per heavy atom. The zero-order chi connectivity index (χ0) is 33.5. The molecule has 11 rings (SSSR count). The molecule has 0 atom stereocenters. The zero-order valence-electron chi connectivity index (χ0n) is 27.3. The number of hydrogen-bond donors (Lipinski definition) is 0. The molecule has 4 aromatic heterocycles. The Kier molecular flexibility index (Phi) is 5.92. The molecule has 0 aliphatic carbocycles. The van der Waals surface area contributed by atoms with Gasteiger partial charge >= 0.3 is 0 Å². The van der Waals surface area contributed by atoms with E-state index in [4.69, 9.17) is 18.2 Å². The second-order valence-electron chi connectivity index (χ2n) is 13.1. The normalized spacial score (nSPS) is 11.9. The first-order valence-electron chi connectivity index (χ1n) is 17.1. The molecule has 11 aromatic rings. The van der Waals surface area contributed by atoms with Crippen molar-refractivity contribution in [2.24, 2.45) is 0 Å². The average molecular weight is 654 g/mol. The molecule has 0 unspecified atom stereocenters. The first-order chi connectivity index (χ1) is 25.3. The zero-order valence-corrected chi connectivity index (χ0v) is 27.3. The van der Waals surface area contributed by atoms with Gasteiger partial charge in [-0.3, -0.25) is 0 Å². The fourth-order valence-electron chi connectivity index (χ4n) is 7.68. The second kappa shape index (κ2) is 10.8. The molecule has 4 heteroatoms. The average Bonchev–Trinajstić information content (AvgIpc) is 3.89. The Labute approximate surface area is 291 Å². The van der Waals surface area contributed by atoms with E-state index in [1.54, 1.807) is 0 Å². The molecule has 7 aromatic carbocycles. The Balaban J connectivity index is 1.11. The summed E-state index contributed by atoms with van der Waals surface area (Å²) in [5, 5.41) is 6.22. The van der Waals surface area contributed by atoms with Crippen LogP contribution in [0.4, 0.5) is 0 Å². The maximum Gasteiger partial charge on any atom is 0.147 e. The van der Waals surface area contributed by atoms with Crippen LogP contribution in [0.5, 0.6) is 0 Å². The van der Waals surface area contributed by atoms with Gasteiger partial charge in [0, 0.05) is 43.6 Å². The summed E-state index contributed by atoms with van der Waals surface area (Å²) < 4.78 is 19.9. The highest BCUT2D eigenvalue weighted by atomic mass is 16.3. The fraction of sp³-hybridized carbons (Fsp3) is 0. The highest BCUT2D eigenvalue weighted by molar-refractivity contribution is 6.33. The molecule has 0 aliphatic rings. The molecule has 0 amide bonds. The maximum absolute atomic E-state index is 6.70. The van der Waals surface area contributed by atoms with Crippen molar-refractivity contribution in [1.82, 2.24) is 4.98 Å². The third-order valence-corrected chi connectivity index (χ3v) is 10.1. The van der Waals surface area contributed by atoms with Crippen molar-refractivity contribution in [2.75, 3.05) is 0 Å². The van der Waals surface area contributed by atoms with Crippen LogP contribution in [0.1, 0.15) is 0 Å². The van der Waals surface area contributed by atoms with E-state index in [0.29, 0.717) is 0 Å². The maximum atomic E-state index is 6.70. The summed E-state index contributed by atoms with van der Waals surface area (Å²) in [7, 11) is 0. The molecule has 4 nitrogen and oxygen atoms in total. The largest absolute Gasteiger partial charge is 0.456 e. The number of fused-ring (bicyclic) bond motifs is 11. The van der Waals surface area contributed by atoms with E-state index in [1.165, 1.54) is 0 Å². The van der Waals surface area contributed by atoms with E-state index in [1.807, 2.05) is 42.5 Å². The number of benzene rings is 7. The molecule has 0 spiro atoms. The van der Waals surface area contributed by atoms with Crippen LogP contribution < -0.4 is 0 Å². The summed E-state index contributed by atoms with van der Waals surface area (Å²) in [5.41, 5.74) is 13.2. The summed E-state index contributed by atoms with van der Waals surface area (Å²) in [6.07, 6.45) is 0. The van der Waals surface area contributed by atoms with E-state index in [2.05, 4.69) is 121 Å². The summed E-state index contributed by atoms with van der Waals surface area (Å²) in [4.78, 5) is 5.07. The molecule has 0 saturated heterocycles. The monoisotopic (exact) mass is 653 g/mol. The van der Waals surface area contributed by atoms with Crippen LogP contribution in [0.15, 0.2) is 177 Å². The van der Waals surface area contributed by atoms with Crippen LogP contribution in [0.25, 0.3) is 111 Å². The second-order valence-corrected chi connectivity index (χ2v) is 13.1. The van der Waals surface area contributed by atoms with Crippen LogP contribution in [0, 0.1) is 0 Å². The van der Waals surface area contributed by atoms with E-state index in [-0.39, 0.29) is 0 Å². The Bertz CT molecular complexity index is 3050. The molecular formula is C47H27NO3. The Morgan fingerprint density at radius 1 is 0.314 bits per heavy atom. The fourth-order valence-corrected chi connectivity index (χ4v) is 7.68. The van der Waals surface area contributed by atoms with Crippen LogP contribution in [-0.4, -0.2) is 4.98 Å². The summed E-state index contributed by atoms with van der Waals surface area (Å²) in [5.74, 6) is 0. The smallest absolute Gasteiger partial charge is 0.147 e. The topological polar surface area (TPSA) is 52.3 Å². The number of hydrogen-bond acceptors (Lipinski definition) is 4. The van der Waals surface area contributed by atoms with Gasteiger partial charge in [0.2, 0.25) is 0 Å². The number of para-hydroxylation sites is 2. The van der Waals surface area contributed by atoms with E-state index < -0.39 is 0 Å². The first kappa shape index (κ1) is 28.0. The molecule has 0 radical (unpaired) electrons. The van der Waals surface area contributed by atoms with Gasteiger partial charge in [-0.1, -0.05) is 121 Å². The predicted octanol–water partition coefficient (Wildman–Crippen LogP) is 13.4. The first-order valence-corrected chi connectivity index (χ1v) is 17.1. The molecule has 0 fully saturated rings. The van der Waals surface area contributed by atoms with E-state index in [0.717, 1.165) is 111 Å². The van der Waals surface area contributed by atoms with Crippen LogP contribution >= 0.6 is 0 Å². The van der Waals surface area contributed by atoms with Gasteiger partial charge in [-0.2, -0.15) is 0 Å². The third-order valence-electron chi connectivity index (χ3n) is 10.1. The molecule has 4 heterocycles. The van der Waals surface area contributed by atoms with Gasteiger partial charge in [0.25, 0.3) is 0 Å². The lowest BCUT2D eigenvalue weighted by molar-refractivity contribution is 0.660. The highest BCUT2D eigenvalue weighted by Crippen LogP contribution is 2.47. The summed E-state index contributed by atoms with van der Waals surface area (Å²) >= 11 is 0. The number of rotatable bonds is 4. The molecule has 51 heavy (non-hydrogen) atoms. The molecule has 0 saturated carbocycles. The van der Waals surface area contributed by atoms with Gasteiger partial charge in [-0.25, -0.2) is 4.98 Å². The van der Waals surface area contributed by atoms with Crippen LogP contribution in [0.2, 0.25) is 0 Å². The van der Waals surface area contributed by atoms with E-state index >= 15 is 0 Å². The molecular weight excluding hydrogens is 627 g/mol. The molecule has 0 N–H and O–H groups in total. The minimum absolute atomic E-state index is 0.789. The number of nitrogens with zero attached hydrogens (tertiary/aromatic N) is 1. The van der Waals surface area contributed by atoms with Gasteiger partial charge < -0.3 is 13.3 Å². The van der Waals surface area contributed by atoms with Crippen molar-refractivity contribution >= 4 is 65.8 Å². The lowest BCUT2D eigenvalue weighted by Crippen LogP contribution is -1.91. The molecule has 0 bridgehead atoms. The quantitative estimate of drug-likeness (QED) is 0.190. The van der Waals surface area contributed by atoms with E-state index in [9.17, 15) is 0 Å². The summed E-state index contributed by atoms with van der Waals surface area (Å²) in [6.45, 7) is 0. The molecule has 0 aliphatic heterocycles. The lowest BCUT2D eigenvalue weighted by atomic mass is 9.95. The minimum Gasteiger partial charge on any atom is -0.456 e. The van der Waals surface area contributed by atoms with Crippen molar-refractivity contribution in [3.63, 3.8) is 0 Å². The summed E-state index contributed by atoms with van der Waals surface area (Å²) in [6, 6.07) is 56.5. The number of aromatic nitrogens is 1. The number of pyridine rings is 1. The minimum atomic E-state index is 0.789. The van der Waals surface area contributed by atoms with Crippen molar-refractivity contribution in [3.8, 4) is 44.8 Å². The van der Waals surface area contributed by atoms with Gasteiger partial charge in [-0.05, 0) is 59.2 Å².